The van der Waals surface area contributed by atoms with Gasteiger partial charge in [-0.2, -0.15) is 0 Å². The Bertz CT molecular complexity index is 435. The molecule has 0 aromatic carbocycles. The third-order valence-electron chi connectivity index (χ3n) is 6.55. The molecular formula is C17H28O4. The maximum absolute atomic E-state index is 11.6. The smallest absolute Gasteiger partial charge is 0.332 e. The summed E-state index contributed by atoms with van der Waals surface area (Å²) in [5, 5.41) is 9.01. The minimum atomic E-state index is -0.550. The quantitative estimate of drug-likeness (QED) is 0.813. The molecule has 0 amide bonds. The van der Waals surface area contributed by atoms with Crippen molar-refractivity contribution >= 4 is 5.97 Å². The third kappa shape index (κ3) is 2.14. The van der Waals surface area contributed by atoms with Gasteiger partial charge in [-0.1, -0.05) is 27.2 Å². The molecule has 6 atom stereocenters. The topological polar surface area (TPSA) is 55.8 Å². The van der Waals surface area contributed by atoms with Gasteiger partial charge in [0.2, 0.25) is 0 Å². The highest BCUT2D eigenvalue weighted by atomic mass is 16.6. The molecule has 3 unspecified atom stereocenters. The maximum atomic E-state index is 11.6. The first-order chi connectivity index (χ1) is 9.82. The average molecular weight is 296 g/mol. The third-order valence-corrected chi connectivity index (χ3v) is 6.55. The molecular weight excluding hydrogens is 268 g/mol. The zero-order valence-electron chi connectivity index (χ0n) is 13.6. The van der Waals surface area contributed by atoms with Gasteiger partial charge in [-0.25, -0.2) is 4.79 Å². The number of esters is 1. The lowest BCUT2D eigenvalue weighted by molar-refractivity contribution is -0.214. The summed E-state index contributed by atoms with van der Waals surface area (Å²) >= 11 is 0. The fraction of sp³-hybridized carbons (Fsp3) is 0.941. The Kier molecular flexibility index (Phi) is 3.61. The van der Waals surface area contributed by atoms with Crippen molar-refractivity contribution in [2.75, 3.05) is 6.61 Å². The van der Waals surface area contributed by atoms with E-state index < -0.39 is 12.6 Å². The highest BCUT2D eigenvalue weighted by molar-refractivity contribution is 5.70. The fourth-order valence-corrected chi connectivity index (χ4v) is 5.17. The summed E-state index contributed by atoms with van der Waals surface area (Å²) in [6.07, 6.45) is 4.03. The number of aliphatic hydroxyl groups is 1. The molecule has 120 valence electrons. The van der Waals surface area contributed by atoms with Crippen LogP contribution in [0.5, 0.6) is 0 Å². The summed E-state index contributed by atoms with van der Waals surface area (Å²) in [5.41, 5.74) is -0.558. The molecule has 0 radical (unpaired) electrons. The number of aliphatic hydroxyl groups excluding tert-OH is 1. The van der Waals surface area contributed by atoms with Crippen molar-refractivity contribution in [3.05, 3.63) is 0 Å². The predicted molar refractivity (Wildman–Crippen MR) is 78.6 cm³/mol. The van der Waals surface area contributed by atoms with E-state index in [1.807, 2.05) is 0 Å². The van der Waals surface area contributed by atoms with E-state index in [-0.39, 0.29) is 17.3 Å². The molecule has 3 rings (SSSR count). The van der Waals surface area contributed by atoms with Crippen LogP contribution in [0.1, 0.15) is 53.4 Å². The fourth-order valence-electron chi connectivity index (χ4n) is 5.17. The zero-order valence-corrected chi connectivity index (χ0v) is 13.6. The van der Waals surface area contributed by atoms with Crippen LogP contribution in [0.25, 0.3) is 0 Å². The molecule has 2 aliphatic heterocycles. The van der Waals surface area contributed by atoms with Crippen molar-refractivity contribution in [2.24, 2.45) is 23.7 Å². The summed E-state index contributed by atoms with van der Waals surface area (Å²) in [6.45, 7) is 8.34. The Morgan fingerprint density at radius 2 is 2.10 bits per heavy atom. The SMILES string of the molecule is CC1CCC2[C@@H]1CC1(C(C)C)C[C@@H](OC(=O)CO)[C@@]2(C)O1. The molecule has 1 saturated carbocycles. The summed E-state index contributed by atoms with van der Waals surface area (Å²) in [6, 6.07) is 0. The van der Waals surface area contributed by atoms with Gasteiger partial charge in [0.25, 0.3) is 0 Å². The minimum absolute atomic E-state index is 0.172. The van der Waals surface area contributed by atoms with E-state index in [2.05, 4.69) is 27.7 Å². The summed E-state index contributed by atoms with van der Waals surface area (Å²) in [7, 11) is 0. The molecule has 2 saturated heterocycles. The highest BCUT2D eigenvalue weighted by Crippen LogP contribution is 2.62. The summed E-state index contributed by atoms with van der Waals surface area (Å²) in [4.78, 5) is 11.6. The highest BCUT2D eigenvalue weighted by Gasteiger charge is 2.66. The Morgan fingerprint density at radius 1 is 1.38 bits per heavy atom. The van der Waals surface area contributed by atoms with Gasteiger partial charge in [0.05, 0.1) is 5.60 Å². The van der Waals surface area contributed by atoms with Crippen molar-refractivity contribution in [1.82, 2.24) is 0 Å². The first-order valence-electron chi connectivity index (χ1n) is 8.33. The predicted octanol–water partition coefficient (Wildman–Crippen LogP) is 2.53. The molecule has 0 aromatic heterocycles. The summed E-state index contributed by atoms with van der Waals surface area (Å²) < 4.78 is 12.2. The molecule has 4 heteroatoms. The summed E-state index contributed by atoms with van der Waals surface area (Å²) in [5.74, 6) is 1.74. The van der Waals surface area contributed by atoms with Crippen LogP contribution in [0.2, 0.25) is 0 Å². The van der Waals surface area contributed by atoms with Crippen LogP contribution in [-0.4, -0.2) is 35.0 Å². The van der Waals surface area contributed by atoms with E-state index in [1.54, 1.807) is 0 Å². The van der Waals surface area contributed by atoms with Gasteiger partial charge in [0, 0.05) is 6.42 Å². The lowest BCUT2D eigenvalue weighted by Gasteiger charge is -2.48. The average Bonchev–Trinajstić information content (AvgIpc) is 2.90. The number of carbonyl (C=O) groups excluding carboxylic acids is 1. The zero-order chi connectivity index (χ0) is 15.4. The van der Waals surface area contributed by atoms with Gasteiger partial charge in [-0.15, -0.1) is 0 Å². The Balaban J connectivity index is 1.94. The molecule has 2 heterocycles. The number of carbonyl (C=O) groups is 1. The van der Waals surface area contributed by atoms with Gasteiger partial charge in [0.1, 0.15) is 18.3 Å². The lowest BCUT2D eigenvalue weighted by Crippen LogP contribution is -2.53. The Hall–Kier alpha value is -0.610. The molecule has 3 fully saturated rings. The second kappa shape index (κ2) is 4.95. The first kappa shape index (κ1) is 15.3. The van der Waals surface area contributed by atoms with Crippen molar-refractivity contribution in [3.8, 4) is 0 Å². The van der Waals surface area contributed by atoms with Crippen molar-refractivity contribution in [2.45, 2.75) is 70.7 Å². The van der Waals surface area contributed by atoms with Crippen LogP contribution in [0, 0.1) is 23.7 Å². The molecule has 21 heavy (non-hydrogen) atoms. The molecule has 1 N–H and O–H groups in total. The normalized spacial score (nSPS) is 48.5. The molecule has 3 aliphatic rings. The van der Waals surface area contributed by atoms with Crippen LogP contribution in [0.15, 0.2) is 0 Å². The number of rotatable bonds is 3. The van der Waals surface area contributed by atoms with Crippen LogP contribution >= 0.6 is 0 Å². The van der Waals surface area contributed by atoms with E-state index in [0.717, 1.165) is 25.2 Å². The van der Waals surface area contributed by atoms with Crippen molar-refractivity contribution in [3.63, 3.8) is 0 Å². The molecule has 0 spiro atoms. The van der Waals surface area contributed by atoms with Gasteiger partial charge in [-0.05, 0) is 43.4 Å². The standard InChI is InChI=1S/C17H28O4/c1-10(2)17-7-12-11(3)5-6-13(12)16(4,21-17)14(8-17)20-15(19)9-18/h10-14,18H,5-9H2,1-4H3/t11?,12-,13?,14-,16+,17?/m1/s1. The van der Waals surface area contributed by atoms with E-state index >= 15 is 0 Å². The number of fused-ring (bicyclic) bond motifs is 4. The first-order valence-corrected chi connectivity index (χ1v) is 8.33. The molecule has 0 aromatic rings. The van der Waals surface area contributed by atoms with E-state index in [0.29, 0.717) is 17.8 Å². The van der Waals surface area contributed by atoms with E-state index in [9.17, 15) is 4.79 Å². The van der Waals surface area contributed by atoms with Gasteiger partial charge < -0.3 is 14.6 Å². The molecule has 4 nitrogen and oxygen atoms in total. The monoisotopic (exact) mass is 296 g/mol. The molecule has 2 bridgehead atoms. The second-order valence-corrected chi connectivity index (χ2v) is 7.88. The number of hydrogen-bond acceptors (Lipinski definition) is 4. The van der Waals surface area contributed by atoms with Gasteiger partial charge >= 0.3 is 5.97 Å². The number of ether oxygens (including phenoxy) is 2. The second-order valence-electron chi connectivity index (χ2n) is 7.88. The van der Waals surface area contributed by atoms with Gasteiger partial charge in [-0.3, -0.25) is 0 Å². The van der Waals surface area contributed by atoms with Crippen molar-refractivity contribution in [1.29, 1.82) is 0 Å². The van der Waals surface area contributed by atoms with Crippen LogP contribution in [0.4, 0.5) is 0 Å². The van der Waals surface area contributed by atoms with Crippen LogP contribution in [-0.2, 0) is 14.3 Å². The van der Waals surface area contributed by atoms with Gasteiger partial charge in [0.15, 0.2) is 0 Å². The lowest BCUT2D eigenvalue weighted by atomic mass is 9.72. The minimum Gasteiger partial charge on any atom is -0.457 e. The van der Waals surface area contributed by atoms with Crippen LogP contribution < -0.4 is 0 Å². The number of hydrogen-bond donors (Lipinski definition) is 1. The van der Waals surface area contributed by atoms with E-state index in [1.165, 1.54) is 6.42 Å². The van der Waals surface area contributed by atoms with Crippen molar-refractivity contribution < 1.29 is 19.4 Å². The maximum Gasteiger partial charge on any atom is 0.332 e. The van der Waals surface area contributed by atoms with Crippen LogP contribution in [0.3, 0.4) is 0 Å². The Labute approximate surface area is 127 Å². The largest absolute Gasteiger partial charge is 0.457 e. The Morgan fingerprint density at radius 3 is 2.71 bits per heavy atom. The van der Waals surface area contributed by atoms with E-state index in [4.69, 9.17) is 14.6 Å². The molecule has 1 aliphatic carbocycles.